The fraction of sp³-hybridized carbons (Fsp3) is 0.400. The standard InChI is InChI=1S/C10H13FO2/c1-3-13-8-4-5-10(11)9(6-8)7(2)12/h4-7,12H,3H2,1-2H3. The van der Waals surface area contributed by atoms with E-state index < -0.39 is 11.9 Å². The minimum atomic E-state index is -0.805. The molecule has 0 spiro atoms. The highest BCUT2D eigenvalue weighted by atomic mass is 19.1. The van der Waals surface area contributed by atoms with Crippen LogP contribution in [0.25, 0.3) is 0 Å². The molecule has 1 atom stereocenters. The zero-order valence-electron chi connectivity index (χ0n) is 7.75. The Labute approximate surface area is 77.0 Å². The number of hydrogen-bond acceptors (Lipinski definition) is 2. The van der Waals surface area contributed by atoms with Crippen LogP contribution in [0, 0.1) is 5.82 Å². The molecule has 1 N–H and O–H groups in total. The van der Waals surface area contributed by atoms with E-state index in [0.29, 0.717) is 12.4 Å². The summed E-state index contributed by atoms with van der Waals surface area (Å²) in [4.78, 5) is 0. The number of halogens is 1. The summed E-state index contributed by atoms with van der Waals surface area (Å²) in [5.41, 5.74) is 0.269. The van der Waals surface area contributed by atoms with Crippen LogP contribution in [0.1, 0.15) is 25.5 Å². The van der Waals surface area contributed by atoms with Gasteiger partial charge in [0.05, 0.1) is 12.7 Å². The lowest BCUT2D eigenvalue weighted by atomic mass is 10.1. The second kappa shape index (κ2) is 4.23. The molecule has 0 fully saturated rings. The summed E-state index contributed by atoms with van der Waals surface area (Å²) in [6.45, 7) is 3.91. The highest BCUT2D eigenvalue weighted by molar-refractivity contribution is 5.30. The van der Waals surface area contributed by atoms with Crippen molar-refractivity contribution in [3.63, 3.8) is 0 Å². The number of rotatable bonds is 3. The fourth-order valence-electron chi connectivity index (χ4n) is 1.10. The van der Waals surface area contributed by atoms with Crippen LogP contribution >= 0.6 is 0 Å². The molecule has 0 aliphatic rings. The molecule has 72 valence electrons. The molecule has 3 heteroatoms. The third kappa shape index (κ3) is 2.42. The van der Waals surface area contributed by atoms with Gasteiger partial charge in [0.25, 0.3) is 0 Å². The summed E-state index contributed by atoms with van der Waals surface area (Å²) < 4.78 is 18.2. The average molecular weight is 184 g/mol. The minimum absolute atomic E-state index is 0.269. The Kier molecular flexibility index (Phi) is 3.25. The van der Waals surface area contributed by atoms with Crippen LogP contribution in [0.4, 0.5) is 4.39 Å². The van der Waals surface area contributed by atoms with E-state index in [-0.39, 0.29) is 5.56 Å². The van der Waals surface area contributed by atoms with Crippen molar-refractivity contribution in [3.8, 4) is 5.75 Å². The highest BCUT2D eigenvalue weighted by Crippen LogP contribution is 2.22. The molecule has 0 heterocycles. The van der Waals surface area contributed by atoms with Crippen LogP contribution in [-0.4, -0.2) is 11.7 Å². The van der Waals surface area contributed by atoms with Crippen molar-refractivity contribution in [2.75, 3.05) is 6.61 Å². The monoisotopic (exact) mass is 184 g/mol. The molecule has 0 saturated heterocycles. The van der Waals surface area contributed by atoms with Gasteiger partial charge < -0.3 is 9.84 Å². The lowest BCUT2D eigenvalue weighted by molar-refractivity contribution is 0.193. The van der Waals surface area contributed by atoms with E-state index >= 15 is 0 Å². The fourth-order valence-corrected chi connectivity index (χ4v) is 1.10. The minimum Gasteiger partial charge on any atom is -0.494 e. The van der Waals surface area contributed by atoms with Gasteiger partial charge in [-0.05, 0) is 32.0 Å². The topological polar surface area (TPSA) is 29.5 Å². The predicted octanol–water partition coefficient (Wildman–Crippen LogP) is 2.28. The molecule has 2 nitrogen and oxygen atoms in total. The SMILES string of the molecule is CCOc1ccc(F)c(C(C)O)c1. The summed E-state index contributed by atoms with van der Waals surface area (Å²) in [5, 5.41) is 9.20. The number of benzene rings is 1. The Morgan fingerprint density at radius 2 is 2.23 bits per heavy atom. The second-order valence-corrected chi connectivity index (χ2v) is 2.79. The van der Waals surface area contributed by atoms with Crippen molar-refractivity contribution < 1.29 is 14.2 Å². The molecule has 1 unspecified atom stereocenters. The second-order valence-electron chi connectivity index (χ2n) is 2.79. The van der Waals surface area contributed by atoms with Crippen molar-refractivity contribution in [1.29, 1.82) is 0 Å². The van der Waals surface area contributed by atoms with Crippen LogP contribution in [0.3, 0.4) is 0 Å². The van der Waals surface area contributed by atoms with Gasteiger partial charge in [-0.3, -0.25) is 0 Å². The molecule has 0 amide bonds. The lowest BCUT2D eigenvalue weighted by Crippen LogP contribution is -1.98. The summed E-state index contributed by atoms with van der Waals surface area (Å²) in [6.07, 6.45) is -0.805. The maximum Gasteiger partial charge on any atom is 0.129 e. The molecule has 13 heavy (non-hydrogen) atoms. The lowest BCUT2D eigenvalue weighted by Gasteiger charge is -2.09. The average Bonchev–Trinajstić information content (AvgIpc) is 2.08. The summed E-state index contributed by atoms with van der Waals surface area (Å²) in [6, 6.07) is 4.36. The zero-order chi connectivity index (χ0) is 9.84. The molecule has 0 saturated carbocycles. The maximum absolute atomic E-state index is 13.0. The van der Waals surface area contributed by atoms with Crippen molar-refractivity contribution in [3.05, 3.63) is 29.6 Å². The first-order valence-electron chi connectivity index (χ1n) is 4.25. The summed E-state index contributed by atoms with van der Waals surface area (Å²) in [7, 11) is 0. The van der Waals surface area contributed by atoms with Gasteiger partial charge in [0, 0.05) is 5.56 Å². The number of aliphatic hydroxyl groups excluding tert-OH is 1. The smallest absolute Gasteiger partial charge is 0.129 e. The Bertz CT molecular complexity index is 284. The normalized spacial score (nSPS) is 12.6. The molecule has 0 aromatic heterocycles. The van der Waals surface area contributed by atoms with Gasteiger partial charge in [0.15, 0.2) is 0 Å². The quantitative estimate of drug-likeness (QED) is 0.780. The molecule has 1 rings (SSSR count). The summed E-state index contributed by atoms with van der Waals surface area (Å²) in [5.74, 6) is 0.179. The van der Waals surface area contributed by atoms with Crippen LogP contribution in [0.5, 0.6) is 5.75 Å². The van der Waals surface area contributed by atoms with E-state index in [1.807, 2.05) is 6.92 Å². The van der Waals surface area contributed by atoms with E-state index in [2.05, 4.69) is 0 Å². The van der Waals surface area contributed by atoms with Crippen molar-refractivity contribution in [2.45, 2.75) is 20.0 Å². The zero-order valence-corrected chi connectivity index (χ0v) is 7.75. The molecule has 0 aliphatic carbocycles. The van der Waals surface area contributed by atoms with E-state index in [9.17, 15) is 9.50 Å². The molecule has 0 aliphatic heterocycles. The first kappa shape index (κ1) is 9.99. The first-order chi connectivity index (χ1) is 6.15. The number of aliphatic hydroxyl groups is 1. The third-order valence-corrected chi connectivity index (χ3v) is 1.73. The number of hydrogen-bond donors (Lipinski definition) is 1. The van der Waals surface area contributed by atoms with Gasteiger partial charge in [-0.2, -0.15) is 0 Å². The highest BCUT2D eigenvalue weighted by Gasteiger charge is 2.08. The van der Waals surface area contributed by atoms with Crippen molar-refractivity contribution in [1.82, 2.24) is 0 Å². The van der Waals surface area contributed by atoms with Gasteiger partial charge in [0.1, 0.15) is 11.6 Å². The molecular formula is C10H13FO2. The maximum atomic E-state index is 13.0. The van der Waals surface area contributed by atoms with Crippen LogP contribution < -0.4 is 4.74 Å². The van der Waals surface area contributed by atoms with Crippen LogP contribution in [0.15, 0.2) is 18.2 Å². The van der Waals surface area contributed by atoms with E-state index in [1.165, 1.54) is 19.1 Å². The van der Waals surface area contributed by atoms with Gasteiger partial charge in [-0.15, -0.1) is 0 Å². The van der Waals surface area contributed by atoms with Gasteiger partial charge >= 0.3 is 0 Å². The van der Waals surface area contributed by atoms with Crippen LogP contribution in [-0.2, 0) is 0 Å². The first-order valence-corrected chi connectivity index (χ1v) is 4.25. The largest absolute Gasteiger partial charge is 0.494 e. The van der Waals surface area contributed by atoms with Crippen molar-refractivity contribution in [2.24, 2.45) is 0 Å². The molecule has 0 bridgehead atoms. The number of ether oxygens (including phenoxy) is 1. The Morgan fingerprint density at radius 1 is 1.54 bits per heavy atom. The van der Waals surface area contributed by atoms with Gasteiger partial charge in [-0.25, -0.2) is 4.39 Å². The van der Waals surface area contributed by atoms with E-state index in [4.69, 9.17) is 4.74 Å². The Morgan fingerprint density at radius 3 is 2.77 bits per heavy atom. The molecular weight excluding hydrogens is 171 g/mol. The molecule has 1 aromatic rings. The predicted molar refractivity (Wildman–Crippen MR) is 48.2 cm³/mol. The van der Waals surface area contributed by atoms with Gasteiger partial charge in [0.2, 0.25) is 0 Å². The van der Waals surface area contributed by atoms with Crippen LogP contribution in [0.2, 0.25) is 0 Å². The molecule has 1 aromatic carbocycles. The summed E-state index contributed by atoms with van der Waals surface area (Å²) >= 11 is 0. The van der Waals surface area contributed by atoms with E-state index in [1.54, 1.807) is 6.07 Å². The third-order valence-electron chi connectivity index (χ3n) is 1.73. The van der Waals surface area contributed by atoms with E-state index in [0.717, 1.165) is 0 Å². The Balaban J connectivity index is 2.97. The molecule has 0 radical (unpaired) electrons. The van der Waals surface area contributed by atoms with Gasteiger partial charge in [-0.1, -0.05) is 0 Å². The Hall–Kier alpha value is -1.09. The van der Waals surface area contributed by atoms with Crippen molar-refractivity contribution >= 4 is 0 Å².